The summed E-state index contributed by atoms with van der Waals surface area (Å²) in [6.07, 6.45) is -9.21. The molecule has 0 bridgehead atoms. The lowest BCUT2D eigenvalue weighted by atomic mass is 10.1. The molecule has 2 N–H and O–H groups in total. The van der Waals surface area contributed by atoms with Gasteiger partial charge in [0, 0.05) is 11.9 Å². The van der Waals surface area contributed by atoms with Crippen molar-refractivity contribution >= 4 is 17.5 Å². The lowest BCUT2D eigenvalue weighted by Crippen LogP contribution is -2.17. The quantitative estimate of drug-likeness (QED) is 0.749. The highest BCUT2D eigenvalue weighted by Gasteiger charge is 2.33. The zero-order chi connectivity index (χ0) is 19.7. The number of hydrogen-bond donors (Lipinski definition) is 2. The fourth-order valence-electron chi connectivity index (χ4n) is 1.98. The van der Waals surface area contributed by atoms with Crippen LogP contribution in [0.5, 0.6) is 5.75 Å². The minimum Gasteiger partial charge on any atom is -0.478 e. The van der Waals surface area contributed by atoms with E-state index in [1.165, 1.54) is 6.92 Å². The van der Waals surface area contributed by atoms with Crippen LogP contribution in [0.15, 0.2) is 30.5 Å². The smallest absolute Gasteiger partial charge is 0.478 e. The number of rotatable bonds is 4. The van der Waals surface area contributed by atoms with Crippen LogP contribution in [0.3, 0.4) is 0 Å². The van der Waals surface area contributed by atoms with Crippen molar-refractivity contribution in [3.63, 3.8) is 0 Å². The van der Waals surface area contributed by atoms with Gasteiger partial charge in [-0.2, -0.15) is 13.2 Å². The van der Waals surface area contributed by atoms with Crippen LogP contribution in [0.4, 0.5) is 37.8 Å². The molecule has 1 aromatic heterocycles. The van der Waals surface area contributed by atoms with E-state index in [0.717, 1.165) is 18.2 Å². The molecule has 11 heteroatoms. The van der Waals surface area contributed by atoms with E-state index >= 15 is 0 Å². The molecule has 0 spiro atoms. The third-order valence-corrected chi connectivity index (χ3v) is 3.13. The molecule has 0 saturated carbocycles. The zero-order valence-electron chi connectivity index (χ0n) is 12.9. The fourth-order valence-corrected chi connectivity index (χ4v) is 1.98. The number of aromatic carboxylic acids is 1. The first-order chi connectivity index (χ1) is 11.9. The van der Waals surface area contributed by atoms with Gasteiger partial charge in [-0.05, 0) is 36.8 Å². The summed E-state index contributed by atoms with van der Waals surface area (Å²) in [6, 6.07) is 3.56. The van der Waals surface area contributed by atoms with Gasteiger partial charge in [-0.15, -0.1) is 13.2 Å². The number of anilines is 2. The lowest BCUT2D eigenvalue weighted by molar-refractivity contribution is -0.274. The SMILES string of the molecule is Cc1cc(OC(F)(F)F)ccc1Nc1ncc(C(F)(F)F)cc1C(=O)O. The number of carboxylic acid groups (broad SMARTS) is 1. The average Bonchev–Trinajstić information content (AvgIpc) is 2.47. The molecule has 0 radical (unpaired) electrons. The number of benzene rings is 1. The number of hydrogen-bond acceptors (Lipinski definition) is 4. The van der Waals surface area contributed by atoms with Gasteiger partial charge in [-0.1, -0.05) is 0 Å². The van der Waals surface area contributed by atoms with E-state index in [0.29, 0.717) is 12.3 Å². The second-order valence-electron chi connectivity index (χ2n) is 5.07. The Labute approximate surface area is 142 Å². The van der Waals surface area contributed by atoms with E-state index < -0.39 is 41.2 Å². The molecule has 0 aliphatic rings. The van der Waals surface area contributed by atoms with E-state index in [9.17, 15) is 31.1 Å². The van der Waals surface area contributed by atoms with Gasteiger partial charge in [0.25, 0.3) is 0 Å². The molecule has 0 aliphatic carbocycles. The highest BCUT2D eigenvalue weighted by Crippen LogP contribution is 2.32. The van der Waals surface area contributed by atoms with Gasteiger partial charge < -0.3 is 15.2 Å². The third-order valence-electron chi connectivity index (χ3n) is 3.13. The number of carboxylic acids is 1. The first-order valence-corrected chi connectivity index (χ1v) is 6.81. The molecule has 1 aromatic carbocycles. The Hall–Kier alpha value is -2.98. The highest BCUT2D eigenvalue weighted by molar-refractivity contribution is 5.94. The van der Waals surface area contributed by atoms with E-state index in [-0.39, 0.29) is 11.3 Å². The minimum atomic E-state index is -4.88. The Kier molecular flexibility index (Phi) is 5.01. The summed E-state index contributed by atoms with van der Waals surface area (Å²) in [5.41, 5.74) is -1.61. The molecule has 0 aliphatic heterocycles. The average molecular weight is 380 g/mol. The van der Waals surface area contributed by atoms with Crippen LogP contribution in [-0.4, -0.2) is 22.4 Å². The van der Waals surface area contributed by atoms with E-state index in [4.69, 9.17) is 5.11 Å². The molecular weight excluding hydrogens is 370 g/mol. The number of carbonyl (C=O) groups is 1. The fraction of sp³-hybridized carbons (Fsp3) is 0.200. The largest absolute Gasteiger partial charge is 0.573 e. The third kappa shape index (κ3) is 4.77. The Morgan fingerprint density at radius 1 is 1.15 bits per heavy atom. The maximum Gasteiger partial charge on any atom is 0.573 e. The summed E-state index contributed by atoms with van der Waals surface area (Å²) >= 11 is 0. The number of aryl methyl sites for hydroxylation is 1. The summed E-state index contributed by atoms with van der Waals surface area (Å²) < 4.78 is 78.3. The van der Waals surface area contributed by atoms with Crippen LogP contribution in [-0.2, 0) is 6.18 Å². The molecular formula is C15H10F6N2O3. The Bertz CT molecular complexity index is 833. The molecule has 140 valence electrons. The number of nitrogens with one attached hydrogen (secondary N) is 1. The van der Waals surface area contributed by atoms with Crippen molar-refractivity contribution in [1.29, 1.82) is 0 Å². The maximum atomic E-state index is 12.7. The second-order valence-corrected chi connectivity index (χ2v) is 5.07. The lowest BCUT2D eigenvalue weighted by Gasteiger charge is -2.15. The number of alkyl halides is 6. The number of nitrogens with zero attached hydrogens (tertiary/aromatic N) is 1. The van der Waals surface area contributed by atoms with Crippen molar-refractivity contribution in [3.05, 3.63) is 47.2 Å². The number of aromatic nitrogens is 1. The van der Waals surface area contributed by atoms with Crippen LogP contribution in [0.2, 0.25) is 0 Å². The standard InChI is InChI=1S/C15H10F6N2O3/c1-7-4-9(26-15(19,20)21)2-3-11(7)23-12-10(13(24)25)5-8(6-22-12)14(16,17)18/h2-6H,1H3,(H,22,23)(H,24,25). The summed E-state index contributed by atoms with van der Waals surface area (Å²) in [5.74, 6) is -2.54. The number of halogens is 6. The maximum absolute atomic E-state index is 12.7. The van der Waals surface area contributed by atoms with Crippen LogP contribution >= 0.6 is 0 Å². The van der Waals surface area contributed by atoms with Crippen molar-refractivity contribution in [2.24, 2.45) is 0 Å². The minimum absolute atomic E-state index is 0.147. The van der Waals surface area contributed by atoms with Gasteiger partial charge in [-0.3, -0.25) is 0 Å². The molecule has 0 unspecified atom stereocenters. The second kappa shape index (κ2) is 6.73. The predicted molar refractivity (Wildman–Crippen MR) is 77.3 cm³/mol. The van der Waals surface area contributed by atoms with Gasteiger partial charge in [0.1, 0.15) is 17.1 Å². The van der Waals surface area contributed by atoms with Crippen LogP contribution < -0.4 is 10.1 Å². The highest BCUT2D eigenvalue weighted by atomic mass is 19.4. The van der Waals surface area contributed by atoms with E-state index in [1.54, 1.807) is 0 Å². The van der Waals surface area contributed by atoms with Gasteiger partial charge in [0.05, 0.1) is 5.56 Å². The molecule has 26 heavy (non-hydrogen) atoms. The van der Waals surface area contributed by atoms with Gasteiger partial charge in [-0.25, -0.2) is 9.78 Å². The van der Waals surface area contributed by atoms with Crippen molar-refractivity contribution in [1.82, 2.24) is 4.98 Å². The number of ether oxygens (including phenoxy) is 1. The van der Waals surface area contributed by atoms with E-state index in [1.807, 2.05) is 0 Å². The topological polar surface area (TPSA) is 71.5 Å². The summed E-state index contributed by atoms with van der Waals surface area (Å²) in [5, 5.41) is 11.6. The van der Waals surface area contributed by atoms with Crippen LogP contribution in [0, 0.1) is 6.92 Å². The van der Waals surface area contributed by atoms with Gasteiger partial charge >= 0.3 is 18.5 Å². The first kappa shape index (κ1) is 19.3. The first-order valence-electron chi connectivity index (χ1n) is 6.81. The Morgan fingerprint density at radius 2 is 1.81 bits per heavy atom. The van der Waals surface area contributed by atoms with Gasteiger partial charge in [0.15, 0.2) is 0 Å². The van der Waals surface area contributed by atoms with Crippen molar-refractivity contribution in [3.8, 4) is 5.75 Å². The van der Waals surface area contributed by atoms with Crippen molar-refractivity contribution in [2.45, 2.75) is 19.5 Å². The van der Waals surface area contributed by atoms with Crippen LogP contribution in [0.25, 0.3) is 0 Å². The normalized spacial score (nSPS) is 12.0. The summed E-state index contributed by atoms with van der Waals surface area (Å²) in [6.45, 7) is 1.40. The van der Waals surface area contributed by atoms with Crippen molar-refractivity contribution < 1.29 is 41.0 Å². The molecule has 0 amide bonds. The monoisotopic (exact) mass is 380 g/mol. The Morgan fingerprint density at radius 3 is 2.31 bits per heavy atom. The number of pyridine rings is 1. The predicted octanol–water partition coefficient (Wildman–Crippen LogP) is 4.75. The molecule has 1 heterocycles. The zero-order valence-corrected chi connectivity index (χ0v) is 12.9. The van der Waals surface area contributed by atoms with Crippen LogP contribution in [0.1, 0.15) is 21.5 Å². The Balaban J connectivity index is 2.35. The molecule has 2 aromatic rings. The summed E-state index contributed by atoms with van der Waals surface area (Å²) in [7, 11) is 0. The summed E-state index contributed by atoms with van der Waals surface area (Å²) in [4.78, 5) is 14.7. The molecule has 0 atom stereocenters. The molecule has 2 rings (SSSR count). The molecule has 5 nitrogen and oxygen atoms in total. The van der Waals surface area contributed by atoms with Crippen molar-refractivity contribution in [2.75, 3.05) is 5.32 Å². The molecule has 0 saturated heterocycles. The van der Waals surface area contributed by atoms with E-state index in [2.05, 4.69) is 15.0 Å². The molecule has 0 fully saturated rings. The van der Waals surface area contributed by atoms with Gasteiger partial charge in [0.2, 0.25) is 0 Å².